The first kappa shape index (κ1) is 14.8. The lowest BCUT2D eigenvalue weighted by Crippen LogP contribution is -2.48. The number of rotatable bonds is 3. The van der Waals surface area contributed by atoms with Crippen molar-refractivity contribution in [3.05, 3.63) is 35.4 Å². The van der Waals surface area contributed by atoms with E-state index in [4.69, 9.17) is 11.6 Å². The molecule has 2 aromatic rings. The van der Waals surface area contributed by atoms with E-state index < -0.39 is 0 Å². The highest BCUT2D eigenvalue weighted by atomic mass is 35.5. The molecule has 1 saturated heterocycles. The number of amides is 1. The van der Waals surface area contributed by atoms with Crippen LogP contribution in [0.15, 0.2) is 24.7 Å². The van der Waals surface area contributed by atoms with Crippen LogP contribution in [0.2, 0.25) is 5.02 Å². The van der Waals surface area contributed by atoms with E-state index in [1.54, 1.807) is 25.5 Å². The van der Waals surface area contributed by atoms with Gasteiger partial charge in [0.05, 0.1) is 11.2 Å². The third-order valence-electron chi connectivity index (χ3n) is 3.70. The van der Waals surface area contributed by atoms with Crippen LogP contribution < -0.4 is 10.2 Å². The van der Waals surface area contributed by atoms with Gasteiger partial charge in [0, 0.05) is 38.6 Å². The summed E-state index contributed by atoms with van der Waals surface area (Å²) in [5.41, 5.74) is 0.384. The van der Waals surface area contributed by atoms with Crippen molar-refractivity contribution in [2.45, 2.75) is 18.9 Å². The van der Waals surface area contributed by atoms with E-state index in [2.05, 4.69) is 25.3 Å². The second-order valence-corrected chi connectivity index (χ2v) is 5.68. The number of nitrogens with one attached hydrogen (secondary N) is 1. The first-order chi connectivity index (χ1) is 10.6. The number of anilines is 1. The van der Waals surface area contributed by atoms with E-state index in [0.717, 1.165) is 19.4 Å². The molecule has 0 aromatic carbocycles. The number of nitrogens with zero attached hydrogens (tertiary/aromatic N) is 5. The van der Waals surface area contributed by atoms with Crippen molar-refractivity contribution in [2.24, 2.45) is 7.05 Å². The standard InChI is InChI=1S/C14H17ClN6O/c1-20-12(11(15)8-18-20)13(22)19-10-4-2-7-21(9-10)14-16-5-3-6-17-14/h3,5-6,8,10H,2,4,7,9H2,1H3,(H,19,22)/t10-/m1/s1. The average molecular weight is 321 g/mol. The molecule has 116 valence electrons. The average Bonchev–Trinajstić information content (AvgIpc) is 2.87. The second kappa shape index (κ2) is 6.31. The molecule has 1 N–H and O–H groups in total. The summed E-state index contributed by atoms with van der Waals surface area (Å²) in [6.45, 7) is 1.58. The van der Waals surface area contributed by atoms with Gasteiger partial charge in [0.2, 0.25) is 5.95 Å². The van der Waals surface area contributed by atoms with E-state index in [9.17, 15) is 4.79 Å². The molecule has 1 fully saturated rings. The lowest BCUT2D eigenvalue weighted by molar-refractivity contribution is 0.0923. The van der Waals surface area contributed by atoms with Gasteiger partial charge in [0.25, 0.3) is 5.91 Å². The van der Waals surface area contributed by atoms with Gasteiger partial charge in [-0.1, -0.05) is 11.6 Å². The molecular formula is C14H17ClN6O. The SMILES string of the molecule is Cn1ncc(Cl)c1C(=O)N[C@@H]1CCCN(c2ncccn2)C1. The molecule has 0 radical (unpaired) electrons. The van der Waals surface area contributed by atoms with Gasteiger partial charge in [-0.2, -0.15) is 5.10 Å². The molecule has 1 aliphatic heterocycles. The minimum Gasteiger partial charge on any atom is -0.346 e. The summed E-state index contributed by atoms with van der Waals surface area (Å²) in [5, 5.41) is 7.37. The van der Waals surface area contributed by atoms with Crippen LogP contribution in [-0.2, 0) is 7.05 Å². The number of aromatic nitrogens is 4. The number of piperidine rings is 1. The molecule has 0 saturated carbocycles. The van der Waals surface area contributed by atoms with Gasteiger partial charge in [-0.05, 0) is 18.9 Å². The lowest BCUT2D eigenvalue weighted by Gasteiger charge is -2.33. The fourth-order valence-corrected chi connectivity index (χ4v) is 2.90. The molecule has 0 bridgehead atoms. The Morgan fingerprint density at radius 2 is 2.18 bits per heavy atom. The van der Waals surface area contributed by atoms with Crippen LogP contribution >= 0.6 is 11.6 Å². The van der Waals surface area contributed by atoms with Crippen LogP contribution in [0.3, 0.4) is 0 Å². The van der Waals surface area contributed by atoms with E-state index in [1.165, 1.54) is 10.9 Å². The highest BCUT2D eigenvalue weighted by molar-refractivity contribution is 6.33. The molecule has 3 heterocycles. The molecule has 22 heavy (non-hydrogen) atoms. The molecule has 7 nitrogen and oxygen atoms in total. The number of carbonyl (C=O) groups excluding carboxylic acids is 1. The Kier molecular flexibility index (Phi) is 4.24. The highest BCUT2D eigenvalue weighted by Gasteiger charge is 2.25. The fourth-order valence-electron chi connectivity index (χ4n) is 2.65. The van der Waals surface area contributed by atoms with Gasteiger partial charge in [0.1, 0.15) is 5.69 Å². The van der Waals surface area contributed by atoms with Gasteiger partial charge in [-0.25, -0.2) is 9.97 Å². The van der Waals surface area contributed by atoms with Crippen molar-refractivity contribution in [1.82, 2.24) is 25.1 Å². The highest BCUT2D eigenvalue weighted by Crippen LogP contribution is 2.17. The number of carbonyl (C=O) groups is 1. The topological polar surface area (TPSA) is 75.9 Å². The van der Waals surface area contributed by atoms with Gasteiger partial charge >= 0.3 is 0 Å². The monoisotopic (exact) mass is 320 g/mol. The molecule has 8 heteroatoms. The van der Waals surface area contributed by atoms with E-state index in [1.807, 2.05) is 0 Å². The molecule has 0 spiro atoms. The molecule has 3 rings (SSSR count). The van der Waals surface area contributed by atoms with Crippen LogP contribution in [0, 0.1) is 0 Å². The number of halogens is 1. The molecule has 2 aromatic heterocycles. The molecule has 0 unspecified atom stereocenters. The molecule has 0 aliphatic carbocycles. The Morgan fingerprint density at radius 3 is 2.86 bits per heavy atom. The van der Waals surface area contributed by atoms with Crippen molar-refractivity contribution < 1.29 is 4.79 Å². The van der Waals surface area contributed by atoms with Crippen LogP contribution in [0.1, 0.15) is 23.3 Å². The summed E-state index contributed by atoms with van der Waals surface area (Å²) in [6.07, 6.45) is 6.81. The summed E-state index contributed by atoms with van der Waals surface area (Å²) < 4.78 is 1.48. The third-order valence-corrected chi connectivity index (χ3v) is 3.98. The lowest BCUT2D eigenvalue weighted by atomic mass is 10.1. The molecule has 1 amide bonds. The Labute approximate surface area is 133 Å². The zero-order chi connectivity index (χ0) is 15.5. The Hall–Kier alpha value is -2.15. The first-order valence-corrected chi connectivity index (χ1v) is 7.53. The van der Waals surface area contributed by atoms with E-state index in [-0.39, 0.29) is 11.9 Å². The number of aryl methyl sites for hydroxylation is 1. The van der Waals surface area contributed by atoms with Crippen LogP contribution in [0.5, 0.6) is 0 Å². The van der Waals surface area contributed by atoms with Crippen LogP contribution in [0.25, 0.3) is 0 Å². The summed E-state index contributed by atoms with van der Waals surface area (Å²) >= 11 is 6.01. The van der Waals surface area contributed by atoms with Gasteiger partial charge in [-0.15, -0.1) is 0 Å². The maximum absolute atomic E-state index is 12.4. The third kappa shape index (κ3) is 3.04. The maximum Gasteiger partial charge on any atom is 0.271 e. The maximum atomic E-state index is 12.4. The summed E-state index contributed by atoms with van der Waals surface area (Å²) in [5.74, 6) is 0.492. The Bertz CT molecular complexity index is 639. The predicted molar refractivity (Wildman–Crippen MR) is 83.0 cm³/mol. The molecule has 1 atom stereocenters. The van der Waals surface area contributed by atoms with Crippen molar-refractivity contribution in [3.63, 3.8) is 0 Å². The molecular weight excluding hydrogens is 304 g/mol. The second-order valence-electron chi connectivity index (χ2n) is 5.27. The summed E-state index contributed by atoms with van der Waals surface area (Å²) in [4.78, 5) is 23.0. The quantitative estimate of drug-likeness (QED) is 0.921. The number of hydrogen-bond acceptors (Lipinski definition) is 5. The molecule has 1 aliphatic rings. The van der Waals surface area contributed by atoms with Gasteiger partial charge in [0.15, 0.2) is 0 Å². The Morgan fingerprint density at radius 1 is 1.41 bits per heavy atom. The smallest absolute Gasteiger partial charge is 0.271 e. The van der Waals surface area contributed by atoms with Crippen LogP contribution in [0.4, 0.5) is 5.95 Å². The van der Waals surface area contributed by atoms with Crippen molar-refractivity contribution in [2.75, 3.05) is 18.0 Å². The minimum absolute atomic E-state index is 0.0380. The Balaban J connectivity index is 1.67. The first-order valence-electron chi connectivity index (χ1n) is 7.15. The zero-order valence-electron chi connectivity index (χ0n) is 12.2. The van der Waals surface area contributed by atoms with E-state index in [0.29, 0.717) is 23.2 Å². The largest absolute Gasteiger partial charge is 0.346 e. The normalized spacial score (nSPS) is 18.3. The van der Waals surface area contributed by atoms with Gasteiger partial charge < -0.3 is 10.2 Å². The van der Waals surface area contributed by atoms with E-state index >= 15 is 0 Å². The summed E-state index contributed by atoms with van der Waals surface area (Å²) in [6, 6.07) is 1.83. The predicted octanol–water partition coefficient (Wildman–Crippen LogP) is 1.26. The number of hydrogen-bond donors (Lipinski definition) is 1. The minimum atomic E-state index is -0.203. The fraction of sp³-hybridized carbons (Fsp3) is 0.429. The van der Waals surface area contributed by atoms with Crippen LogP contribution in [-0.4, -0.2) is 44.8 Å². The van der Waals surface area contributed by atoms with Crippen molar-refractivity contribution in [1.29, 1.82) is 0 Å². The van der Waals surface area contributed by atoms with Crippen molar-refractivity contribution >= 4 is 23.5 Å². The summed E-state index contributed by atoms with van der Waals surface area (Å²) in [7, 11) is 1.70. The zero-order valence-corrected chi connectivity index (χ0v) is 13.0. The van der Waals surface area contributed by atoms with Crippen molar-refractivity contribution in [3.8, 4) is 0 Å². The van der Waals surface area contributed by atoms with Gasteiger partial charge in [-0.3, -0.25) is 9.48 Å².